The summed E-state index contributed by atoms with van der Waals surface area (Å²) in [6.07, 6.45) is 1.29. The molecule has 2 heterocycles. The molecule has 1 saturated heterocycles. The highest BCUT2D eigenvalue weighted by atomic mass is 79.9. The molecule has 7 heteroatoms. The van der Waals surface area contributed by atoms with Gasteiger partial charge in [0.1, 0.15) is 15.8 Å². The number of pyridine rings is 1. The van der Waals surface area contributed by atoms with Crippen LogP contribution in [0.15, 0.2) is 22.8 Å². The molecule has 1 aliphatic rings. The predicted octanol–water partition coefficient (Wildman–Crippen LogP) is 1.77. The largest absolute Gasteiger partial charge is 0.338 e. The fraction of sp³-hybridized carbons (Fsp3) is 0.500. The van der Waals surface area contributed by atoms with Crippen LogP contribution in [0.1, 0.15) is 0 Å². The van der Waals surface area contributed by atoms with Crippen molar-refractivity contribution in [2.24, 2.45) is 0 Å². The maximum atomic E-state index is 11.8. The van der Waals surface area contributed by atoms with Crippen LogP contribution < -0.4 is 4.90 Å². The van der Waals surface area contributed by atoms with Crippen molar-refractivity contribution in [1.82, 2.24) is 4.98 Å². The minimum absolute atomic E-state index is 0.469. The second-order valence-corrected chi connectivity index (χ2v) is 8.04. The number of anilines is 1. The second-order valence-electron chi connectivity index (χ2n) is 3.87. The topological polar surface area (TPSA) is 50.3 Å². The number of aromatic nitrogens is 1. The zero-order valence-electron chi connectivity index (χ0n) is 9.34. The Bertz CT molecular complexity index is 507. The SMILES string of the molecule is CS(=O)(=O)C1CSCCN1c1cccc(Br)n1. The molecule has 1 aromatic heterocycles. The van der Waals surface area contributed by atoms with Crippen LogP contribution in [-0.2, 0) is 9.84 Å². The lowest BCUT2D eigenvalue weighted by Gasteiger charge is -2.34. The Hall–Kier alpha value is -0.270. The van der Waals surface area contributed by atoms with E-state index in [1.165, 1.54) is 6.26 Å². The van der Waals surface area contributed by atoms with E-state index in [0.717, 1.165) is 16.2 Å². The zero-order valence-corrected chi connectivity index (χ0v) is 12.6. The monoisotopic (exact) mass is 336 g/mol. The van der Waals surface area contributed by atoms with E-state index in [1.807, 2.05) is 23.1 Å². The van der Waals surface area contributed by atoms with E-state index in [0.29, 0.717) is 12.3 Å². The summed E-state index contributed by atoms with van der Waals surface area (Å²) in [6.45, 7) is 0.714. The van der Waals surface area contributed by atoms with Crippen molar-refractivity contribution in [3.05, 3.63) is 22.8 Å². The standard InChI is InChI=1S/C10H13BrN2O2S2/c1-17(14,15)10-7-16-6-5-13(10)9-4-2-3-8(11)12-9/h2-4,10H,5-7H2,1H3. The van der Waals surface area contributed by atoms with Gasteiger partial charge in [0, 0.05) is 24.3 Å². The summed E-state index contributed by atoms with van der Waals surface area (Å²) in [5.74, 6) is 2.25. The number of thioether (sulfide) groups is 1. The molecule has 2 rings (SSSR count). The molecule has 1 aromatic rings. The van der Waals surface area contributed by atoms with Gasteiger partial charge in [-0.05, 0) is 28.1 Å². The molecule has 0 aromatic carbocycles. The second kappa shape index (κ2) is 5.16. The summed E-state index contributed by atoms with van der Waals surface area (Å²) in [4.78, 5) is 6.20. The minimum atomic E-state index is -3.09. The zero-order chi connectivity index (χ0) is 12.5. The Labute approximate surface area is 114 Å². The number of rotatable bonds is 2. The highest BCUT2D eigenvalue weighted by Crippen LogP contribution is 2.26. The number of sulfone groups is 1. The third kappa shape index (κ3) is 3.14. The molecule has 0 radical (unpaired) electrons. The molecule has 0 N–H and O–H groups in total. The molecule has 0 bridgehead atoms. The molecule has 0 spiro atoms. The third-order valence-electron chi connectivity index (χ3n) is 2.57. The van der Waals surface area contributed by atoms with Crippen molar-refractivity contribution in [1.29, 1.82) is 0 Å². The molecule has 1 unspecified atom stereocenters. The van der Waals surface area contributed by atoms with Crippen molar-refractivity contribution in [3.8, 4) is 0 Å². The van der Waals surface area contributed by atoms with Crippen LogP contribution in [0.2, 0.25) is 0 Å². The summed E-state index contributed by atoms with van der Waals surface area (Å²) < 4.78 is 24.2. The van der Waals surface area contributed by atoms with E-state index < -0.39 is 15.2 Å². The summed E-state index contributed by atoms with van der Waals surface area (Å²) in [6, 6.07) is 5.55. The van der Waals surface area contributed by atoms with Gasteiger partial charge < -0.3 is 4.90 Å². The van der Waals surface area contributed by atoms with E-state index >= 15 is 0 Å². The Morgan fingerprint density at radius 2 is 2.29 bits per heavy atom. The lowest BCUT2D eigenvalue weighted by molar-refractivity contribution is 0.583. The van der Waals surface area contributed by atoms with E-state index in [-0.39, 0.29) is 0 Å². The summed E-state index contributed by atoms with van der Waals surface area (Å²) in [5, 5.41) is -0.469. The summed E-state index contributed by atoms with van der Waals surface area (Å²) in [5.41, 5.74) is 0. The average Bonchev–Trinajstić information content (AvgIpc) is 2.28. The van der Waals surface area contributed by atoms with Crippen molar-refractivity contribution in [2.45, 2.75) is 5.37 Å². The number of halogens is 1. The molecule has 0 aliphatic carbocycles. The van der Waals surface area contributed by atoms with E-state index in [9.17, 15) is 8.42 Å². The Balaban J connectivity index is 2.34. The van der Waals surface area contributed by atoms with Crippen LogP contribution in [0.4, 0.5) is 5.82 Å². The molecular weight excluding hydrogens is 324 g/mol. The first-order valence-corrected chi connectivity index (χ1v) is 9.04. The van der Waals surface area contributed by atoms with Gasteiger partial charge in [-0.25, -0.2) is 13.4 Å². The van der Waals surface area contributed by atoms with Crippen molar-refractivity contribution < 1.29 is 8.42 Å². The van der Waals surface area contributed by atoms with Gasteiger partial charge >= 0.3 is 0 Å². The van der Waals surface area contributed by atoms with Crippen LogP contribution in [0.25, 0.3) is 0 Å². The summed E-state index contributed by atoms with van der Waals surface area (Å²) in [7, 11) is -3.09. The Morgan fingerprint density at radius 1 is 1.53 bits per heavy atom. The van der Waals surface area contributed by atoms with Crippen LogP contribution in [0, 0.1) is 0 Å². The fourth-order valence-electron chi connectivity index (χ4n) is 1.76. The summed E-state index contributed by atoms with van der Waals surface area (Å²) >= 11 is 4.98. The van der Waals surface area contributed by atoms with Gasteiger partial charge in [-0.1, -0.05) is 6.07 Å². The maximum absolute atomic E-state index is 11.8. The first-order chi connectivity index (χ1) is 7.98. The van der Waals surface area contributed by atoms with E-state index in [2.05, 4.69) is 20.9 Å². The van der Waals surface area contributed by atoms with Crippen molar-refractivity contribution >= 4 is 43.3 Å². The molecule has 0 amide bonds. The Morgan fingerprint density at radius 3 is 2.94 bits per heavy atom. The first-order valence-electron chi connectivity index (χ1n) is 5.14. The fourth-order valence-corrected chi connectivity index (χ4v) is 4.92. The number of hydrogen-bond acceptors (Lipinski definition) is 5. The van der Waals surface area contributed by atoms with Gasteiger partial charge in [0.25, 0.3) is 0 Å². The molecule has 94 valence electrons. The average molecular weight is 337 g/mol. The third-order valence-corrected chi connectivity index (χ3v) is 5.66. The van der Waals surface area contributed by atoms with Crippen molar-refractivity contribution in [2.75, 3.05) is 29.2 Å². The van der Waals surface area contributed by atoms with Crippen LogP contribution >= 0.6 is 27.7 Å². The molecule has 4 nitrogen and oxygen atoms in total. The molecule has 1 fully saturated rings. The maximum Gasteiger partial charge on any atom is 0.169 e. The van der Waals surface area contributed by atoms with Crippen molar-refractivity contribution in [3.63, 3.8) is 0 Å². The smallest absolute Gasteiger partial charge is 0.169 e. The highest BCUT2D eigenvalue weighted by molar-refractivity contribution is 9.10. The molecule has 1 aliphatic heterocycles. The van der Waals surface area contributed by atoms with Gasteiger partial charge in [0.15, 0.2) is 9.84 Å². The number of hydrogen-bond donors (Lipinski definition) is 0. The molecule has 17 heavy (non-hydrogen) atoms. The minimum Gasteiger partial charge on any atom is -0.338 e. The lowest BCUT2D eigenvalue weighted by atomic mass is 10.4. The predicted molar refractivity (Wildman–Crippen MR) is 75.2 cm³/mol. The van der Waals surface area contributed by atoms with Crippen LogP contribution in [0.5, 0.6) is 0 Å². The van der Waals surface area contributed by atoms with Gasteiger partial charge in [-0.3, -0.25) is 0 Å². The Kier molecular flexibility index (Phi) is 3.99. The quantitative estimate of drug-likeness (QED) is 0.770. The van der Waals surface area contributed by atoms with E-state index in [4.69, 9.17) is 0 Å². The normalized spacial score (nSPS) is 21.5. The van der Waals surface area contributed by atoms with Gasteiger partial charge in [-0.2, -0.15) is 11.8 Å². The molecular formula is C10H13BrN2O2S2. The highest BCUT2D eigenvalue weighted by Gasteiger charge is 2.31. The number of nitrogens with zero attached hydrogens (tertiary/aromatic N) is 2. The van der Waals surface area contributed by atoms with E-state index in [1.54, 1.807) is 11.8 Å². The van der Waals surface area contributed by atoms with Gasteiger partial charge in [-0.15, -0.1) is 0 Å². The van der Waals surface area contributed by atoms with Crippen LogP contribution in [-0.4, -0.2) is 43.1 Å². The van der Waals surface area contributed by atoms with Gasteiger partial charge in [0.05, 0.1) is 0 Å². The lowest BCUT2D eigenvalue weighted by Crippen LogP contribution is -2.47. The first kappa shape index (κ1) is 13.2. The molecule has 1 atom stereocenters. The van der Waals surface area contributed by atoms with Gasteiger partial charge in [0.2, 0.25) is 0 Å². The molecule has 0 saturated carbocycles. The van der Waals surface area contributed by atoms with Crippen LogP contribution in [0.3, 0.4) is 0 Å².